The maximum absolute atomic E-state index is 12.1. The van der Waals surface area contributed by atoms with Gasteiger partial charge in [0.1, 0.15) is 12.0 Å². The Morgan fingerprint density at radius 2 is 1.95 bits per heavy atom. The van der Waals surface area contributed by atoms with Crippen molar-refractivity contribution in [3.8, 4) is 5.69 Å². The Kier molecular flexibility index (Phi) is 3.96. The van der Waals surface area contributed by atoms with Crippen LogP contribution in [0.4, 0.5) is 5.69 Å². The van der Waals surface area contributed by atoms with Crippen molar-refractivity contribution in [3.63, 3.8) is 0 Å². The second-order valence-corrected chi connectivity index (χ2v) is 5.30. The Morgan fingerprint density at radius 3 is 2.55 bits per heavy atom. The standard InChI is InChI=1S/C14H18N2O4/c1-14(2,3)20-13(18)15-11-9-19-16(12(11)17)10-7-5-4-6-8-10/h4-9,13,15,18H,1-3H3. The van der Waals surface area contributed by atoms with Gasteiger partial charge in [-0.25, -0.2) is 0 Å². The third kappa shape index (κ3) is 3.49. The van der Waals surface area contributed by atoms with Crippen LogP contribution in [0.15, 0.2) is 45.9 Å². The van der Waals surface area contributed by atoms with Crippen LogP contribution >= 0.6 is 0 Å². The normalized spacial score (nSPS) is 13.2. The number of hydrogen-bond acceptors (Lipinski definition) is 5. The number of aliphatic hydroxyl groups is 1. The summed E-state index contributed by atoms with van der Waals surface area (Å²) >= 11 is 0. The van der Waals surface area contributed by atoms with E-state index in [4.69, 9.17) is 9.26 Å². The lowest BCUT2D eigenvalue weighted by molar-refractivity contribution is -0.148. The molecule has 6 nitrogen and oxygen atoms in total. The molecule has 0 aliphatic carbocycles. The number of aliphatic hydroxyl groups excluding tert-OH is 1. The number of nitrogens with one attached hydrogen (secondary N) is 1. The summed E-state index contributed by atoms with van der Waals surface area (Å²) in [4.78, 5) is 12.1. The minimum atomic E-state index is -1.29. The molecule has 108 valence electrons. The van der Waals surface area contributed by atoms with Gasteiger partial charge < -0.3 is 19.7 Å². The van der Waals surface area contributed by atoms with E-state index >= 15 is 0 Å². The van der Waals surface area contributed by atoms with E-state index in [9.17, 15) is 9.90 Å². The Morgan fingerprint density at radius 1 is 1.30 bits per heavy atom. The molecule has 2 aromatic rings. The van der Waals surface area contributed by atoms with E-state index in [0.29, 0.717) is 5.69 Å². The molecule has 0 saturated heterocycles. The number of para-hydroxylation sites is 1. The molecule has 20 heavy (non-hydrogen) atoms. The quantitative estimate of drug-likeness (QED) is 0.836. The van der Waals surface area contributed by atoms with Crippen molar-refractivity contribution >= 4 is 5.69 Å². The fraction of sp³-hybridized carbons (Fsp3) is 0.357. The first-order valence-electron chi connectivity index (χ1n) is 6.26. The lowest BCUT2D eigenvalue weighted by Gasteiger charge is -2.23. The average Bonchev–Trinajstić information content (AvgIpc) is 2.70. The smallest absolute Gasteiger partial charge is 0.310 e. The number of aromatic nitrogens is 1. The minimum Gasteiger partial charge on any atom is -0.377 e. The van der Waals surface area contributed by atoms with Gasteiger partial charge >= 0.3 is 5.56 Å². The van der Waals surface area contributed by atoms with E-state index in [1.54, 1.807) is 45.0 Å². The fourth-order valence-electron chi connectivity index (χ4n) is 1.65. The molecule has 0 amide bonds. The summed E-state index contributed by atoms with van der Waals surface area (Å²) < 4.78 is 11.6. The molecular formula is C14H18N2O4. The Bertz CT molecular complexity index is 610. The van der Waals surface area contributed by atoms with E-state index in [1.807, 2.05) is 6.07 Å². The summed E-state index contributed by atoms with van der Waals surface area (Å²) in [5, 5.41) is 12.3. The number of anilines is 1. The second kappa shape index (κ2) is 5.52. The highest BCUT2D eigenvalue weighted by molar-refractivity contribution is 5.40. The zero-order valence-electron chi connectivity index (χ0n) is 11.7. The maximum atomic E-state index is 12.1. The molecule has 1 aromatic heterocycles. The Balaban J connectivity index is 2.16. The van der Waals surface area contributed by atoms with Crippen LogP contribution < -0.4 is 10.9 Å². The van der Waals surface area contributed by atoms with Crippen LogP contribution in [-0.4, -0.2) is 21.9 Å². The Labute approximate surface area is 116 Å². The van der Waals surface area contributed by atoms with E-state index in [1.165, 1.54) is 6.26 Å². The average molecular weight is 278 g/mol. The van der Waals surface area contributed by atoms with Gasteiger partial charge in [-0.2, -0.15) is 0 Å². The van der Waals surface area contributed by atoms with Gasteiger partial charge in [-0.15, -0.1) is 4.74 Å². The summed E-state index contributed by atoms with van der Waals surface area (Å²) in [6.07, 6.45) is -0.0468. The molecule has 1 unspecified atom stereocenters. The first-order valence-corrected chi connectivity index (χ1v) is 6.26. The molecule has 2 rings (SSSR count). The largest absolute Gasteiger partial charge is 0.377 e. The van der Waals surface area contributed by atoms with Gasteiger partial charge in [-0.05, 0) is 32.9 Å². The second-order valence-electron chi connectivity index (χ2n) is 5.30. The summed E-state index contributed by atoms with van der Waals surface area (Å²) in [6.45, 7) is 5.40. The van der Waals surface area contributed by atoms with Crippen molar-refractivity contribution in [2.75, 3.05) is 5.32 Å². The maximum Gasteiger partial charge on any atom is 0.310 e. The van der Waals surface area contributed by atoms with Crippen molar-refractivity contribution in [1.82, 2.24) is 4.74 Å². The number of benzene rings is 1. The van der Waals surface area contributed by atoms with Crippen molar-refractivity contribution in [1.29, 1.82) is 0 Å². The van der Waals surface area contributed by atoms with Crippen LogP contribution in [0.1, 0.15) is 20.8 Å². The van der Waals surface area contributed by atoms with Crippen LogP contribution in [0.3, 0.4) is 0 Å². The molecule has 1 aromatic carbocycles. The summed E-state index contributed by atoms with van der Waals surface area (Å²) in [5.41, 5.74) is -0.190. The molecule has 0 bridgehead atoms. The van der Waals surface area contributed by atoms with Gasteiger partial charge in [0.2, 0.25) is 6.41 Å². The van der Waals surface area contributed by atoms with Crippen molar-refractivity contribution in [3.05, 3.63) is 46.9 Å². The van der Waals surface area contributed by atoms with Crippen LogP contribution in [0.5, 0.6) is 0 Å². The van der Waals surface area contributed by atoms with Crippen molar-refractivity contribution < 1.29 is 14.4 Å². The predicted octanol–water partition coefficient (Wildman–Crippen LogP) is 1.93. The van der Waals surface area contributed by atoms with Gasteiger partial charge in [0.05, 0.1) is 11.3 Å². The molecule has 0 radical (unpaired) electrons. The summed E-state index contributed by atoms with van der Waals surface area (Å²) in [6, 6.07) is 8.94. The molecule has 0 aliphatic rings. The zero-order valence-corrected chi connectivity index (χ0v) is 11.7. The third-order valence-electron chi connectivity index (χ3n) is 2.43. The van der Waals surface area contributed by atoms with E-state index in [0.717, 1.165) is 4.74 Å². The summed E-state index contributed by atoms with van der Waals surface area (Å²) in [7, 11) is 0. The minimum absolute atomic E-state index is 0.130. The highest BCUT2D eigenvalue weighted by Crippen LogP contribution is 2.12. The van der Waals surface area contributed by atoms with E-state index in [-0.39, 0.29) is 5.69 Å². The zero-order chi connectivity index (χ0) is 14.8. The number of hydrogen-bond donors (Lipinski definition) is 2. The number of nitrogens with zero attached hydrogens (tertiary/aromatic N) is 1. The molecular weight excluding hydrogens is 260 g/mol. The first-order chi connectivity index (χ1) is 9.37. The van der Waals surface area contributed by atoms with Crippen LogP contribution in [0.25, 0.3) is 5.69 Å². The predicted molar refractivity (Wildman–Crippen MR) is 74.8 cm³/mol. The van der Waals surface area contributed by atoms with Crippen LogP contribution in [0, 0.1) is 0 Å². The number of rotatable bonds is 4. The van der Waals surface area contributed by atoms with E-state index < -0.39 is 17.6 Å². The van der Waals surface area contributed by atoms with Gasteiger partial charge in [-0.3, -0.25) is 4.79 Å². The van der Waals surface area contributed by atoms with Gasteiger partial charge in [0.15, 0.2) is 0 Å². The third-order valence-corrected chi connectivity index (χ3v) is 2.43. The lowest BCUT2D eigenvalue weighted by Crippen LogP contribution is -2.34. The van der Waals surface area contributed by atoms with Gasteiger partial charge in [0.25, 0.3) is 0 Å². The molecule has 0 spiro atoms. The molecule has 1 atom stereocenters. The first kappa shape index (κ1) is 14.4. The molecule has 0 saturated carbocycles. The SMILES string of the molecule is CC(C)(C)OC(O)Nc1con(-c2ccccc2)c1=O. The van der Waals surface area contributed by atoms with Gasteiger partial charge in [0, 0.05) is 0 Å². The summed E-state index contributed by atoms with van der Waals surface area (Å²) in [5.74, 6) is 0. The topological polar surface area (TPSA) is 76.6 Å². The van der Waals surface area contributed by atoms with Crippen molar-refractivity contribution in [2.24, 2.45) is 0 Å². The monoisotopic (exact) mass is 278 g/mol. The highest BCUT2D eigenvalue weighted by atomic mass is 16.6. The molecule has 2 N–H and O–H groups in total. The van der Waals surface area contributed by atoms with Gasteiger partial charge in [-0.1, -0.05) is 18.2 Å². The molecule has 0 fully saturated rings. The molecule has 0 aliphatic heterocycles. The highest BCUT2D eigenvalue weighted by Gasteiger charge is 2.19. The van der Waals surface area contributed by atoms with Crippen LogP contribution in [-0.2, 0) is 4.74 Å². The lowest BCUT2D eigenvalue weighted by atomic mass is 10.2. The van der Waals surface area contributed by atoms with Crippen molar-refractivity contribution in [2.45, 2.75) is 32.8 Å². The van der Waals surface area contributed by atoms with E-state index in [2.05, 4.69) is 5.32 Å². The molecule has 1 heterocycles. The molecule has 6 heteroatoms. The number of ether oxygens (including phenoxy) is 1. The Hall–Kier alpha value is -2.05. The van der Waals surface area contributed by atoms with Crippen LogP contribution in [0.2, 0.25) is 0 Å². The fourth-order valence-corrected chi connectivity index (χ4v) is 1.65.